The summed E-state index contributed by atoms with van der Waals surface area (Å²) in [7, 11) is 1.02. The predicted molar refractivity (Wildman–Crippen MR) is 28.1 cm³/mol. The van der Waals surface area contributed by atoms with Gasteiger partial charge in [0, 0.05) is 0 Å². The minimum atomic E-state index is 0.0486. The average Bonchev–Trinajstić information content (AvgIpc) is 1.37. The molecule has 0 spiro atoms. The monoisotopic (exact) mass is 154 g/mol. The van der Waals surface area contributed by atoms with Crippen molar-refractivity contribution in [3.8, 4) is 0 Å². The van der Waals surface area contributed by atoms with Gasteiger partial charge in [-0.05, 0) is 0 Å². The Morgan fingerprint density at radius 2 is 2.25 bits per heavy atom. The maximum absolute atomic E-state index is 4.85. The molecule has 0 aromatic rings. The molecule has 0 radical (unpaired) electrons. The molecule has 1 unspecified atom stereocenters. The van der Waals surface area contributed by atoms with Gasteiger partial charge in [0.25, 0.3) is 0 Å². The van der Waals surface area contributed by atoms with Crippen LogP contribution in [0.4, 0.5) is 0 Å². The maximum atomic E-state index is 4.85. The summed E-state index contributed by atoms with van der Waals surface area (Å²) in [4.78, 5) is 0. The van der Waals surface area contributed by atoms with Crippen molar-refractivity contribution >= 4 is 34.9 Å². The van der Waals surface area contributed by atoms with E-state index in [2.05, 4.69) is 0 Å². The van der Waals surface area contributed by atoms with Gasteiger partial charge in [-0.2, -0.15) is 0 Å². The van der Waals surface area contributed by atoms with Crippen LogP contribution in [0.3, 0.4) is 0 Å². The first kappa shape index (κ1) is 4.95. The third-order valence-electron chi connectivity index (χ3n) is 0.167. The van der Waals surface area contributed by atoms with Crippen LogP contribution in [-0.4, -0.2) is 34.9 Å². The molecule has 0 N–H and O–H groups in total. The van der Waals surface area contributed by atoms with E-state index in [0.717, 1.165) is 10.5 Å². The molecule has 0 saturated carbocycles. The van der Waals surface area contributed by atoms with Crippen molar-refractivity contribution in [2.75, 3.05) is 0 Å². The number of rotatable bonds is 1. The molecule has 4 heavy (non-hydrogen) atoms. The molecule has 0 aliphatic heterocycles. The van der Waals surface area contributed by atoms with Crippen LogP contribution in [0.5, 0.6) is 0 Å². The first-order valence-corrected chi connectivity index (χ1v) is 8.45. The fraction of sp³-hybridized carbons (Fsp3) is 0. The van der Waals surface area contributed by atoms with E-state index < -0.39 is 0 Å². The van der Waals surface area contributed by atoms with E-state index in [-0.39, 0.29) is 8.23 Å². The second-order valence-corrected chi connectivity index (χ2v) is 5.20. The quantitative estimate of drug-likeness (QED) is 0.364. The van der Waals surface area contributed by atoms with E-state index in [1.807, 2.05) is 0 Å². The van der Waals surface area contributed by atoms with E-state index >= 15 is 0 Å². The summed E-state index contributed by atoms with van der Waals surface area (Å²) < 4.78 is 4.85. The van der Waals surface area contributed by atoms with Gasteiger partial charge in [0.05, 0.1) is 0 Å². The summed E-state index contributed by atoms with van der Waals surface area (Å²) in [5, 5.41) is 0. The summed E-state index contributed by atoms with van der Waals surface area (Å²) in [6.07, 6.45) is 0. The van der Waals surface area contributed by atoms with Crippen molar-refractivity contribution in [1.29, 1.82) is 0 Å². The van der Waals surface area contributed by atoms with Crippen molar-refractivity contribution in [3.05, 3.63) is 0 Å². The molecule has 0 heterocycles. The van der Waals surface area contributed by atoms with E-state index in [4.69, 9.17) is 4.12 Å². The van der Waals surface area contributed by atoms with E-state index in [1.54, 1.807) is 16.2 Å². The minimum absolute atomic E-state index is 0.0486. The van der Waals surface area contributed by atoms with Crippen LogP contribution < -0.4 is 0 Å². The van der Waals surface area contributed by atoms with Crippen molar-refractivity contribution in [1.82, 2.24) is 0 Å². The molecule has 0 saturated heterocycles. The fourth-order valence-corrected chi connectivity index (χ4v) is 0. The molecule has 0 rings (SSSR count). The zero-order valence-electron chi connectivity index (χ0n) is 2.69. The third-order valence-corrected chi connectivity index (χ3v) is 7.79. The molecule has 4 heteroatoms. The second kappa shape index (κ2) is 3.95. The zero-order valence-corrected chi connectivity index (χ0v) is 8.53. The second-order valence-electron chi connectivity index (χ2n) is 0.455. The predicted octanol–water partition coefficient (Wildman–Crippen LogP) is -3.08. The van der Waals surface area contributed by atoms with Gasteiger partial charge in [-0.1, -0.05) is 0 Å². The Bertz CT molecular complexity index is 8.00. The summed E-state index contributed by atoms with van der Waals surface area (Å²) in [6, 6.07) is 0. The summed E-state index contributed by atoms with van der Waals surface area (Å²) in [5.41, 5.74) is 0. The molecular weight excluding hydrogens is 147 g/mol. The van der Waals surface area contributed by atoms with E-state index in [9.17, 15) is 0 Å². The zero-order chi connectivity index (χ0) is 3.41. The van der Waals surface area contributed by atoms with Gasteiger partial charge >= 0.3 is 39.0 Å². The van der Waals surface area contributed by atoms with Crippen LogP contribution in [-0.2, 0) is 4.12 Å². The van der Waals surface area contributed by atoms with Crippen LogP contribution >= 0.6 is 0 Å². The fourth-order valence-electron chi connectivity index (χ4n) is 0. The molecule has 1 nitrogen and oxygen atoms in total. The van der Waals surface area contributed by atoms with Gasteiger partial charge in [-0.3, -0.25) is 0 Å². The SMILES string of the molecule is [SiH3]O[SiH2][AsH2]. The Morgan fingerprint density at radius 3 is 2.25 bits per heavy atom. The number of hydrogen-bond acceptors (Lipinski definition) is 1. The van der Waals surface area contributed by atoms with Crippen LogP contribution in [0.2, 0.25) is 0 Å². The summed E-state index contributed by atoms with van der Waals surface area (Å²) in [5.74, 6) is 0. The van der Waals surface area contributed by atoms with Crippen LogP contribution in [0, 0.1) is 0 Å². The third kappa shape index (κ3) is 2.95. The molecule has 0 amide bonds. The summed E-state index contributed by atoms with van der Waals surface area (Å²) >= 11 is 1.78. The first-order valence-electron chi connectivity index (χ1n) is 1.11. The van der Waals surface area contributed by atoms with Gasteiger partial charge in [0.15, 0.2) is 0 Å². The van der Waals surface area contributed by atoms with E-state index in [1.165, 1.54) is 0 Å². The molecule has 0 fully saturated rings. The van der Waals surface area contributed by atoms with Gasteiger partial charge < -0.3 is 0 Å². The van der Waals surface area contributed by atoms with Crippen LogP contribution in [0.1, 0.15) is 0 Å². The van der Waals surface area contributed by atoms with Crippen molar-refractivity contribution < 1.29 is 4.12 Å². The van der Waals surface area contributed by atoms with E-state index in [0.29, 0.717) is 0 Å². The molecule has 0 aromatic carbocycles. The Morgan fingerprint density at radius 1 is 2.00 bits per heavy atom. The first-order chi connectivity index (χ1) is 1.91. The van der Waals surface area contributed by atoms with Crippen molar-refractivity contribution in [2.45, 2.75) is 0 Å². The Kier molecular flexibility index (Phi) is 4.89. The molecule has 1 atom stereocenters. The molecule has 0 aliphatic carbocycles. The summed E-state index contributed by atoms with van der Waals surface area (Å²) in [6.45, 7) is 0. The van der Waals surface area contributed by atoms with Crippen LogP contribution in [0.25, 0.3) is 0 Å². The molecular formula is H7AsOSi2. The topological polar surface area (TPSA) is 9.23 Å². The van der Waals surface area contributed by atoms with Crippen molar-refractivity contribution in [3.63, 3.8) is 0 Å². The van der Waals surface area contributed by atoms with Crippen molar-refractivity contribution in [2.24, 2.45) is 0 Å². The Labute approximate surface area is 39.5 Å². The number of hydrogen-bond donors (Lipinski definition) is 0. The van der Waals surface area contributed by atoms with Gasteiger partial charge in [0.1, 0.15) is 0 Å². The normalized spacial score (nSPS) is 11.2. The molecule has 26 valence electrons. The molecule has 0 bridgehead atoms. The standard InChI is InChI=1S/AsH7OSi2/c1-4-2-3/h1,4H2,3H3. The molecule has 0 aliphatic rings. The van der Waals surface area contributed by atoms with Gasteiger partial charge in [-0.25, -0.2) is 0 Å². The Hall–Kier alpha value is 0.952. The van der Waals surface area contributed by atoms with Crippen LogP contribution in [0.15, 0.2) is 0 Å². The molecule has 0 aromatic heterocycles. The van der Waals surface area contributed by atoms with Gasteiger partial charge in [-0.15, -0.1) is 0 Å². The average molecular weight is 154 g/mol. The van der Waals surface area contributed by atoms with Gasteiger partial charge in [0.2, 0.25) is 0 Å². The Balaban J connectivity index is 1.97.